The van der Waals surface area contributed by atoms with Crippen molar-refractivity contribution in [3.05, 3.63) is 66.0 Å². The topological polar surface area (TPSA) is 58.6 Å². The third kappa shape index (κ3) is 2.60. The molecule has 4 rings (SSSR count). The second-order valence-corrected chi connectivity index (χ2v) is 7.23. The first-order chi connectivity index (χ1) is 11.6. The fourth-order valence-electron chi connectivity index (χ4n) is 2.62. The molecule has 3 aromatic heterocycles. The van der Waals surface area contributed by atoms with Gasteiger partial charge in [0.1, 0.15) is 6.33 Å². The van der Waals surface area contributed by atoms with Crippen LogP contribution in [0.25, 0.3) is 34.8 Å². The van der Waals surface area contributed by atoms with Crippen LogP contribution in [0.3, 0.4) is 0 Å². The number of nitrogens with one attached hydrogen (secondary N) is 1. The Balaban J connectivity index is 1.97. The van der Waals surface area contributed by atoms with Crippen LogP contribution in [-0.4, -0.2) is 15.0 Å². The maximum atomic E-state index is 11.4. The van der Waals surface area contributed by atoms with Crippen molar-refractivity contribution in [2.45, 2.75) is 6.92 Å². The summed E-state index contributed by atoms with van der Waals surface area (Å²) in [6, 6.07) is 6.03. The summed E-state index contributed by atoms with van der Waals surface area (Å²) >= 11 is 2.83. The molecule has 4 nitrogen and oxygen atoms in total. The van der Waals surface area contributed by atoms with E-state index in [1.54, 1.807) is 17.7 Å². The first kappa shape index (κ1) is 15.0. The van der Waals surface area contributed by atoms with Gasteiger partial charge < -0.3 is 4.98 Å². The predicted molar refractivity (Wildman–Crippen MR) is 101 cm³/mol. The number of aromatic amines is 1. The molecule has 4 aromatic rings. The van der Waals surface area contributed by atoms with Crippen molar-refractivity contribution in [3.63, 3.8) is 0 Å². The van der Waals surface area contributed by atoms with Gasteiger partial charge in [-0.05, 0) is 41.6 Å². The molecule has 0 atom stereocenters. The number of thiazole rings is 1. The number of hydrogen-bond acceptors (Lipinski definition) is 5. The number of nitrogens with zero attached hydrogens (tertiary/aromatic N) is 2. The second kappa shape index (κ2) is 5.81. The second-order valence-electron chi connectivity index (χ2n) is 5.47. The number of aromatic nitrogens is 3. The molecule has 24 heavy (non-hydrogen) atoms. The average Bonchev–Trinajstić information content (AvgIpc) is 3.12. The quantitative estimate of drug-likeness (QED) is 0.604. The Morgan fingerprint density at radius 2 is 2.12 bits per heavy atom. The van der Waals surface area contributed by atoms with Crippen LogP contribution in [0.1, 0.15) is 11.1 Å². The smallest absolute Gasteiger partial charge is 0.305 e. The molecule has 0 radical (unpaired) electrons. The summed E-state index contributed by atoms with van der Waals surface area (Å²) in [4.78, 5) is 22.9. The lowest BCUT2D eigenvalue weighted by atomic mass is 10.0. The molecule has 0 aliphatic carbocycles. The van der Waals surface area contributed by atoms with Crippen LogP contribution in [0, 0.1) is 6.92 Å². The van der Waals surface area contributed by atoms with Crippen LogP contribution in [-0.2, 0) is 0 Å². The van der Waals surface area contributed by atoms with E-state index in [0.29, 0.717) is 5.35 Å². The summed E-state index contributed by atoms with van der Waals surface area (Å²) in [5, 5.41) is 5.87. The fraction of sp³-hybridized carbons (Fsp3) is 0.0556. The van der Waals surface area contributed by atoms with Gasteiger partial charge in [0, 0.05) is 16.3 Å². The van der Waals surface area contributed by atoms with Gasteiger partial charge in [-0.25, -0.2) is 9.97 Å². The van der Waals surface area contributed by atoms with Gasteiger partial charge in [-0.3, -0.25) is 4.79 Å². The van der Waals surface area contributed by atoms with Crippen molar-refractivity contribution >= 4 is 46.2 Å². The number of rotatable bonds is 2. The molecular weight excluding hydrogens is 338 g/mol. The molecule has 0 aliphatic rings. The van der Waals surface area contributed by atoms with Gasteiger partial charge in [0.05, 0.1) is 21.1 Å². The zero-order chi connectivity index (χ0) is 16.7. The first-order valence-electron chi connectivity index (χ1n) is 7.29. The van der Waals surface area contributed by atoms with Gasteiger partial charge in [-0.1, -0.05) is 24.0 Å². The lowest BCUT2D eigenvalue weighted by molar-refractivity contribution is 1.22. The molecule has 0 saturated carbocycles. The number of aryl methyl sites for hydroxylation is 1. The maximum Gasteiger partial charge on any atom is 0.305 e. The standard InChI is InChI=1S/C18H13N3OS2/c1-10-7-23-8-14(10)17-13-5-12(3-4-15(13)19-9-20-17)6-16-11(2)21-18(22)24-16/h3-9H,2H2,1H3,(H,21,22)/b16-6-. The molecule has 0 aliphatic heterocycles. The van der Waals surface area contributed by atoms with Gasteiger partial charge >= 0.3 is 4.87 Å². The summed E-state index contributed by atoms with van der Waals surface area (Å²) in [7, 11) is 0. The van der Waals surface area contributed by atoms with Crippen molar-refractivity contribution < 1.29 is 0 Å². The van der Waals surface area contributed by atoms with Gasteiger partial charge in [0.2, 0.25) is 0 Å². The molecule has 118 valence electrons. The third-order valence-electron chi connectivity index (χ3n) is 3.82. The van der Waals surface area contributed by atoms with E-state index < -0.39 is 0 Å². The van der Waals surface area contributed by atoms with Gasteiger partial charge in [-0.2, -0.15) is 11.3 Å². The predicted octanol–water partition coefficient (Wildman–Crippen LogP) is 2.66. The van der Waals surface area contributed by atoms with E-state index in [-0.39, 0.29) is 4.87 Å². The summed E-state index contributed by atoms with van der Waals surface area (Å²) in [5.41, 5.74) is 5.17. The SMILES string of the molecule is C=c1[nH]c(=O)s/c1=C\c1ccc2ncnc(-c3cscc3C)c2c1. The number of benzene rings is 1. The van der Waals surface area contributed by atoms with Gasteiger partial charge in [0.25, 0.3) is 0 Å². The minimum Gasteiger partial charge on any atom is -0.313 e. The van der Waals surface area contributed by atoms with Crippen molar-refractivity contribution in [1.82, 2.24) is 15.0 Å². The normalized spacial score (nSPS) is 12.1. The largest absolute Gasteiger partial charge is 0.313 e. The molecule has 0 spiro atoms. The Kier molecular flexibility index (Phi) is 3.63. The Labute approximate surface area is 145 Å². The highest BCUT2D eigenvalue weighted by Gasteiger charge is 2.10. The van der Waals surface area contributed by atoms with E-state index in [4.69, 9.17) is 0 Å². The Morgan fingerprint density at radius 1 is 1.25 bits per heavy atom. The van der Waals surface area contributed by atoms with E-state index >= 15 is 0 Å². The monoisotopic (exact) mass is 351 g/mol. The van der Waals surface area contributed by atoms with Crippen molar-refractivity contribution in [2.75, 3.05) is 0 Å². The average molecular weight is 351 g/mol. The molecule has 0 unspecified atom stereocenters. The van der Waals surface area contributed by atoms with Crippen LogP contribution in [0.5, 0.6) is 0 Å². The van der Waals surface area contributed by atoms with Crippen LogP contribution >= 0.6 is 22.7 Å². The highest BCUT2D eigenvalue weighted by atomic mass is 32.1. The molecular formula is C18H13N3OS2. The first-order valence-corrected chi connectivity index (χ1v) is 9.05. The van der Waals surface area contributed by atoms with Gasteiger partial charge in [0.15, 0.2) is 0 Å². The van der Waals surface area contributed by atoms with E-state index in [1.807, 2.05) is 18.2 Å². The minimum absolute atomic E-state index is 0.0926. The van der Waals surface area contributed by atoms with Crippen molar-refractivity contribution in [1.29, 1.82) is 0 Å². The maximum absolute atomic E-state index is 11.4. The molecule has 1 N–H and O–H groups in total. The number of fused-ring (bicyclic) bond motifs is 1. The molecule has 0 bridgehead atoms. The highest BCUT2D eigenvalue weighted by molar-refractivity contribution is 7.08. The Hall–Kier alpha value is -2.57. The number of thiophene rings is 1. The van der Waals surface area contributed by atoms with Crippen LogP contribution in [0.2, 0.25) is 0 Å². The van der Waals surface area contributed by atoms with Crippen molar-refractivity contribution in [2.24, 2.45) is 0 Å². The molecule has 6 heteroatoms. The zero-order valence-electron chi connectivity index (χ0n) is 12.9. The summed E-state index contributed by atoms with van der Waals surface area (Å²) in [6.07, 6.45) is 3.56. The van der Waals surface area contributed by atoms with E-state index in [0.717, 1.165) is 43.6 Å². The third-order valence-corrected chi connectivity index (χ3v) is 5.55. The molecule has 0 saturated heterocycles. The van der Waals surface area contributed by atoms with Gasteiger partial charge in [-0.15, -0.1) is 0 Å². The molecule has 1 aromatic carbocycles. The van der Waals surface area contributed by atoms with Crippen LogP contribution in [0.4, 0.5) is 0 Å². The summed E-state index contributed by atoms with van der Waals surface area (Å²) < 4.78 is 0.837. The number of H-pyrrole nitrogens is 1. The van der Waals surface area contributed by atoms with E-state index in [9.17, 15) is 4.79 Å². The molecule has 0 fully saturated rings. The Morgan fingerprint density at radius 3 is 2.83 bits per heavy atom. The van der Waals surface area contributed by atoms with E-state index in [2.05, 4.69) is 45.3 Å². The molecule has 0 amide bonds. The number of hydrogen-bond donors (Lipinski definition) is 1. The summed E-state index contributed by atoms with van der Waals surface area (Å²) in [6.45, 7) is 5.96. The van der Waals surface area contributed by atoms with E-state index in [1.165, 1.54) is 5.56 Å². The fourth-order valence-corrected chi connectivity index (χ4v) is 4.20. The highest BCUT2D eigenvalue weighted by Crippen LogP contribution is 2.30. The minimum atomic E-state index is -0.0926. The van der Waals surface area contributed by atoms with Crippen molar-refractivity contribution in [3.8, 4) is 11.3 Å². The lowest BCUT2D eigenvalue weighted by Crippen LogP contribution is -2.19. The lowest BCUT2D eigenvalue weighted by Gasteiger charge is -2.05. The zero-order valence-corrected chi connectivity index (χ0v) is 14.5. The Bertz CT molecular complexity index is 1220. The van der Waals surface area contributed by atoms with Crippen LogP contribution < -0.4 is 14.8 Å². The van der Waals surface area contributed by atoms with Crippen LogP contribution in [0.15, 0.2) is 40.1 Å². The molecule has 3 heterocycles. The summed E-state index contributed by atoms with van der Waals surface area (Å²) in [5.74, 6) is 0.